The van der Waals surface area contributed by atoms with Crippen LogP contribution < -0.4 is 0 Å². The van der Waals surface area contributed by atoms with Crippen LogP contribution in [0, 0.1) is 0 Å². The summed E-state index contributed by atoms with van der Waals surface area (Å²) in [5, 5.41) is 10.2. The van der Waals surface area contributed by atoms with Crippen LogP contribution in [0.5, 0.6) is 0 Å². The molecule has 0 radical (unpaired) electrons. The van der Waals surface area contributed by atoms with Crippen LogP contribution in [0.15, 0.2) is 47.2 Å². The molecule has 18 heavy (non-hydrogen) atoms. The van der Waals surface area contributed by atoms with Crippen LogP contribution in [0.4, 0.5) is 0 Å². The average Bonchev–Trinajstić information content (AvgIpc) is 2.36. The number of halogens is 2. The highest BCUT2D eigenvalue weighted by molar-refractivity contribution is 9.10. The molecule has 2 rings (SSSR count). The molecule has 1 N–H and O–H groups in total. The Morgan fingerprint density at radius 1 is 1.28 bits per heavy atom. The van der Waals surface area contributed by atoms with Gasteiger partial charge in [-0.05, 0) is 51.7 Å². The zero-order valence-corrected chi connectivity index (χ0v) is 12.0. The topological polar surface area (TPSA) is 33.1 Å². The van der Waals surface area contributed by atoms with E-state index in [0.717, 1.165) is 22.0 Å². The molecule has 0 aliphatic carbocycles. The molecule has 4 heteroatoms. The van der Waals surface area contributed by atoms with Crippen LogP contribution in [-0.2, 0) is 6.42 Å². The van der Waals surface area contributed by atoms with E-state index >= 15 is 0 Å². The Bertz CT molecular complexity index is 533. The van der Waals surface area contributed by atoms with Crippen molar-refractivity contribution >= 4 is 27.5 Å². The molecule has 2 nitrogen and oxygen atoms in total. The van der Waals surface area contributed by atoms with E-state index in [1.165, 1.54) is 0 Å². The van der Waals surface area contributed by atoms with Crippen LogP contribution in [-0.4, -0.2) is 16.7 Å². The van der Waals surface area contributed by atoms with Crippen molar-refractivity contribution in [2.24, 2.45) is 0 Å². The summed E-state index contributed by atoms with van der Waals surface area (Å²) in [6.07, 6.45) is 4.30. The summed E-state index contributed by atoms with van der Waals surface area (Å²) < 4.78 is 0.947. The normalized spacial score (nSPS) is 12.4. The minimum absolute atomic E-state index is 0.0415. The number of hydrogen-bond donors (Lipinski definition) is 1. The minimum Gasteiger partial charge on any atom is -0.396 e. The number of hydrogen-bond acceptors (Lipinski definition) is 2. The van der Waals surface area contributed by atoms with Crippen molar-refractivity contribution in [2.75, 3.05) is 6.61 Å². The van der Waals surface area contributed by atoms with Crippen LogP contribution >= 0.6 is 27.5 Å². The van der Waals surface area contributed by atoms with Gasteiger partial charge in [-0.15, -0.1) is 0 Å². The first-order valence-electron chi connectivity index (χ1n) is 5.65. The first-order valence-corrected chi connectivity index (χ1v) is 6.82. The molecular weight excluding hydrogens is 314 g/mol. The predicted octanol–water partition coefficient (Wildman–Crippen LogP) is 3.82. The fourth-order valence-corrected chi connectivity index (χ4v) is 2.51. The average molecular weight is 327 g/mol. The molecule has 0 aliphatic rings. The fourth-order valence-electron chi connectivity index (χ4n) is 1.90. The van der Waals surface area contributed by atoms with Gasteiger partial charge in [-0.25, -0.2) is 0 Å². The van der Waals surface area contributed by atoms with Gasteiger partial charge in [0.1, 0.15) is 0 Å². The van der Waals surface area contributed by atoms with Gasteiger partial charge in [0.25, 0.3) is 0 Å². The summed E-state index contributed by atoms with van der Waals surface area (Å²) in [7, 11) is 0. The summed E-state index contributed by atoms with van der Waals surface area (Å²) >= 11 is 9.37. The lowest BCUT2D eigenvalue weighted by Crippen LogP contribution is -2.08. The lowest BCUT2D eigenvalue weighted by atomic mass is 9.93. The van der Waals surface area contributed by atoms with Crippen molar-refractivity contribution in [3.63, 3.8) is 0 Å². The molecule has 1 heterocycles. The number of nitrogens with zero attached hydrogens (tertiary/aromatic N) is 1. The fraction of sp³-hybridized carbons (Fsp3) is 0.214. The molecule has 0 saturated carbocycles. The second-order valence-corrected chi connectivity index (χ2v) is 5.50. The van der Waals surface area contributed by atoms with Crippen LogP contribution in [0.1, 0.15) is 17.0 Å². The molecule has 0 fully saturated rings. The summed E-state index contributed by atoms with van der Waals surface area (Å²) in [5.74, 6) is 0.0415. The van der Waals surface area contributed by atoms with E-state index in [-0.39, 0.29) is 12.5 Å². The summed E-state index contributed by atoms with van der Waals surface area (Å²) in [5.41, 5.74) is 2.13. The molecule has 1 unspecified atom stereocenters. The van der Waals surface area contributed by atoms with Gasteiger partial charge in [-0.2, -0.15) is 0 Å². The molecule has 1 aromatic carbocycles. The van der Waals surface area contributed by atoms with E-state index in [4.69, 9.17) is 11.6 Å². The van der Waals surface area contributed by atoms with Gasteiger partial charge < -0.3 is 5.11 Å². The number of aromatic nitrogens is 1. The number of pyridine rings is 1. The van der Waals surface area contributed by atoms with E-state index in [1.807, 2.05) is 36.5 Å². The number of rotatable bonds is 4. The van der Waals surface area contributed by atoms with Crippen molar-refractivity contribution in [1.29, 1.82) is 0 Å². The van der Waals surface area contributed by atoms with Gasteiger partial charge in [0.15, 0.2) is 0 Å². The van der Waals surface area contributed by atoms with Crippen molar-refractivity contribution in [1.82, 2.24) is 4.98 Å². The Labute approximate surface area is 120 Å². The molecule has 0 spiro atoms. The summed E-state index contributed by atoms with van der Waals surface area (Å²) in [6.45, 7) is 0.0901. The van der Waals surface area contributed by atoms with Crippen molar-refractivity contribution in [3.05, 3.63) is 63.3 Å². The van der Waals surface area contributed by atoms with Crippen LogP contribution in [0.25, 0.3) is 0 Å². The van der Waals surface area contributed by atoms with Crippen molar-refractivity contribution < 1.29 is 5.11 Å². The second-order valence-electron chi connectivity index (χ2n) is 4.15. The first-order chi connectivity index (χ1) is 8.69. The molecule has 0 amide bonds. The molecular formula is C14H13BrClNO. The Balaban J connectivity index is 2.19. The monoisotopic (exact) mass is 325 g/mol. The standard InChI is InChI=1S/C14H13BrClNO/c15-13-5-10(7-17-8-13)4-12(9-18)11-2-1-3-14(16)6-11/h1-3,5-8,12,18H,4,9H2. The molecule has 94 valence electrons. The van der Waals surface area contributed by atoms with Crippen LogP contribution in [0.3, 0.4) is 0 Å². The maximum atomic E-state index is 9.53. The zero-order chi connectivity index (χ0) is 13.0. The maximum Gasteiger partial charge on any atom is 0.0502 e. The smallest absolute Gasteiger partial charge is 0.0502 e. The second kappa shape index (κ2) is 6.32. The Morgan fingerprint density at radius 3 is 2.78 bits per heavy atom. The highest BCUT2D eigenvalue weighted by Gasteiger charge is 2.12. The lowest BCUT2D eigenvalue weighted by molar-refractivity contribution is 0.264. The molecule has 0 saturated heterocycles. The Kier molecular flexibility index (Phi) is 4.75. The van der Waals surface area contributed by atoms with E-state index in [1.54, 1.807) is 6.20 Å². The predicted molar refractivity (Wildman–Crippen MR) is 76.9 cm³/mol. The third-order valence-electron chi connectivity index (χ3n) is 2.78. The molecule has 1 atom stereocenters. The van der Waals surface area contributed by atoms with Crippen LogP contribution in [0.2, 0.25) is 5.02 Å². The number of aliphatic hydroxyl groups is 1. The van der Waals surface area contributed by atoms with Gasteiger partial charge in [0, 0.05) is 27.8 Å². The van der Waals surface area contributed by atoms with Gasteiger partial charge >= 0.3 is 0 Å². The SMILES string of the molecule is OCC(Cc1cncc(Br)c1)c1cccc(Cl)c1. The lowest BCUT2D eigenvalue weighted by Gasteiger charge is -2.15. The molecule has 0 aliphatic heterocycles. The number of benzene rings is 1. The van der Waals surface area contributed by atoms with E-state index < -0.39 is 0 Å². The molecule has 2 aromatic rings. The number of aliphatic hydroxyl groups excluding tert-OH is 1. The maximum absolute atomic E-state index is 9.53. The summed E-state index contributed by atoms with van der Waals surface area (Å²) in [4.78, 5) is 4.13. The molecule has 0 bridgehead atoms. The first kappa shape index (κ1) is 13.5. The van der Waals surface area contributed by atoms with Crippen molar-refractivity contribution in [3.8, 4) is 0 Å². The molecule has 1 aromatic heterocycles. The van der Waals surface area contributed by atoms with E-state index in [9.17, 15) is 5.11 Å². The van der Waals surface area contributed by atoms with Crippen molar-refractivity contribution in [2.45, 2.75) is 12.3 Å². The summed E-state index contributed by atoms with van der Waals surface area (Å²) in [6, 6.07) is 9.63. The highest BCUT2D eigenvalue weighted by atomic mass is 79.9. The minimum atomic E-state index is 0.0415. The van der Waals surface area contributed by atoms with Gasteiger partial charge in [-0.1, -0.05) is 23.7 Å². The zero-order valence-electron chi connectivity index (χ0n) is 9.68. The largest absolute Gasteiger partial charge is 0.396 e. The van der Waals surface area contributed by atoms with Gasteiger partial charge in [0.2, 0.25) is 0 Å². The quantitative estimate of drug-likeness (QED) is 0.926. The van der Waals surface area contributed by atoms with E-state index in [0.29, 0.717) is 5.02 Å². The highest BCUT2D eigenvalue weighted by Crippen LogP contribution is 2.24. The van der Waals surface area contributed by atoms with E-state index in [2.05, 4.69) is 20.9 Å². The van der Waals surface area contributed by atoms with Gasteiger partial charge in [-0.3, -0.25) is 4.98 Å². The Hall–Kier alpha value is -0.900. The Morgan fingerprint density at radius 2 is 2.11 bits per heavy atom. The van der Waals surface area contributed by atoms with Gasteiger partial charge in [0.05, 0.1) is 6.61 Å². The third kappa shape index (κ3) is 3.55. The third-order valence-corrected chi connectivity index (χ3v) is 3.45.